The molecule has 0 spiro atoms. The first-order valence-electron chi connectivity index (χ1n) is 6.92. The van der Waals surface area contributed by atoms with E-state index in [0.717, 1.165) is 42.6 Å². The van der Waals surface area contributed by atoms with Crippen molar-refractivity contribution in [3.8, 4) is 0 Å². The Hall–Kier alpha value is -1.42. The van der Waals surface area contributed by atoms with Crippen molar-refractivity contribution in [2.45, 2.75) is 6.04 Å². The third-order valence-electron chi connectivity index (χ3n) is 3.79. The smallest absolute Gasteiger partial charge is 0.134 e. The van der Waals surface area contributed by atoms with Crippen molar-refractivity contribution in [2.75, 3.05) is 26.2 Å². The molecule has 2 heterocycles. The van der Waals surface area contributed by atoms with E-state index < -0.39 is 0 Å². The van der Waals surface area contributed by atoms with Crippen molar-refractivity contribution >= 4 is 22.5 Å². The second kappa shape index (κ2) is 5.92. The van der Waals surface area contributed by atoms with Crippen LogP contribution in [0.1, 0.15) is 11.6 Å². The maximum absolute atomic E-state index is 6.39. The van der Waals surface area contributed by atoms with E-state index >= 15 is 0 Å². The summed E-state index contributed by atoms with van der Waals surface area (Å²) < 4.78 is 0. The molecule has 1 aliphatic heterocycles. The number of pyridine rings is 1. The van der Waals surface area contributed by atoms with Gasteiger partial charge in [-0.25, -0.2) is 4.98 Å². The van der Waals surface area contributed by atoms with Crippen molar-refractivity contribution < 1.29 is 0 Å². The summed E-state index contributed by atoms with van der Waals surface area (Å²) in [4.78, 5) is 6.90. The maximum Gasteiger partial charge on any atom is 0.134 e. The Morgan fingerprint density at radius 2 is 2.05 bits per heavy atom. The van der Waals surface area contributed by atoms with Gasteiger partial charge in [0.2, 0.25) is 0 Å². The van der Waals surface area contributed by atoms with Crippen molar-refractivity contribution in [3.05, 3.63) is 53.7 Å². The summed E-state index contributed by atoms with van der Waals surface area (Å²) in [6.45, 7) is 7.99. The first-order chi connectivity index (χ1) is 9.79. The number of fused-ring (bicyclic) bond motifs is 1. The summed E-state index contributed by atoms with van der Waals surface area (Å²) in [5.74, 6) is 0. The zero-order valence-corrected chi connectivity index (χ0v) is 12.1. The molecule has 1 N–H and O–H groups in total. The fourth-order valence-electron chi connectivity index (χ4n) is 2.75. The number of hydrogen-bond acceptors (Lipinski definition) is 3. The number of piperazine rings is 1. The predicted octanol–water partition coefficient (Wildman–Crippen LogP) is 3.02. The van der Waals surface area contributed by atoms with Crippen LogP contribution in [0.25, 0.3) is 10.9 Å². The molecule has 0 unspecified atom stereocenters. The monoisotopic (exact) mass is 287 g/mol. The van der Waals surface area contributed by atoms with Crippen LogP contribution in [0.15, 0.2) is 43.0 Å². The van der Waals surface area contributed by atoms with Gasteiger partial charge < -0.3 is 5.32 Å². The Kier molecular flexibility index (Phi) is 4.01. The number of para-hydroxylation sites is 1. The molecule has 104 valence electrons. The molecule has 2 aromatic rings. The summed E-state index contributed by atoms with van der Waals surface area (Å²) in [5.41, 5.74) is 1.98. The van der Waals surface area contributed by atoms with E-state index in [4.69, 9.17) is 11.6 Å². The van der Waals surface area contributed by atoms with Crippen molar-refractivity contribution in [2.24, 2.45) is 0 Å². The third-order valence-corrected chi connectivity index (χ3v) is 4.09. The summed E-state index contributed by atoms with van der Waals surface area (Å²) in [6.07, 6.45) is 1.96. The molecule has 0 amide bonds. The van der Waals surface area contributed by atoms with E-state index in [1.54, 1.807) is 0 Å². The van der Waals surface area contributed by atoms with Crippen LogP contribution in [0.3, 0.4) is 0 Å². The standard InChI is InChI=1S/C16H18ClN3/c1-2-15(20-9-7-18-8-10-20)13-11-12-5-3-4-6-14(12)19-16(13)17/h2-6,11,15,18H,1,7-10H2/t15-/m0/s1. The van der Waals surface area contributed by atoms with Gasteiger partial charge in [-0.2, -0.15) is 0 Å². The Bertz CT molecular complexity index is 620. The van der Waals surface area contributed by atoms with E-state index in [-0.39, 0.29) is 6.04 Å². The predicted molar refractivity (Wildman–Crippen MR) is 84.1 cm³/mol. The Balaban J connectivity index is 2.01. The van der Waals surface area contributed by atoms with Crippen LogP contribution in [0, 0.1) is 0 Å². The van der Waals surface area contributed by atoms with E-state index in [9.17, 15) is 0 Å². The second-order valence-electron chi connectivity index (χ2n) is 5.03. The number of aromatic nitrogens is 1. The average molecular weight is 288 g/mol. The van der Waals surface area contributed by atoms with Gasteiger partial charge in [0, 0.05) is 37.1 Å². The molecule has 0 bridgehead atoms. The lowest BCUT2D eigenvalue weighted by Gasteiger charge is -2.33. The maximum atomic E-state index is 6.39. The average Bonchev–Trinajstić information content (AvgIpc) is 2.49. The molecule has 1 aromatic carbocycles. The molecule has 1 aromatic heterocycles. The lowest BCUT2D eigenvalue weighted by molar-refractivity contribution is 0.203. The summed E-state index contributed by atoms with van der Waals surface area (Å²) in [6, 6.07) is 10.3. The first kappa shape index (κ1) is 13.6. The highest BCUT2D eigenvalue weighted by Gasteiger charge is 2.22. The molecule has 3 rings (SSSR count). The van der Waals surface area contributed by atoms with Crippen LogP contribution in [-0.4, -0.2) is 36.1 Å². The van der Waals surface area contributed by atoms with Gasteiger partial charge in [0.05, 0.1) is 11.6 Å². The topological polar surface area (TPSA) is 28.2 Å². The van der Waals surface area contributed by atoms with Gasteiger partial charge in [-0.3, -0.25) is 4.90 Å². The van der Waals surface area contributed by atoms with Crippen LogP contribution in [0.5, 0.6) is 0 Å². The number of hydrogen-bond donors (Lipinski definition) is 1. The minimum atomic E-state index is 0.127. The molecule has 0 aliphatic carbocycles. The molecular formula is C16H18ClN3. The quantitative estimate of drug-likeness (QED) is 0.695. The van der Waals surface area contributed by atoms with Crippen LogP contribution in [0.2, 0.25) is 5.15 Å². The Labute approximate surface area is 124 Å². The zero-order valence-electron chi connectivity index (χ0n) is 11.3. The highest BCUT2D eigenvalue weighted by Crippen LogP contribution is 2.30. The second-order valence-corrected chi connectivity index (χ2v) is 5.39. The molecule has 1 saturated heterocycles. The van der Waals surface area contributed by atoms with Crippen LogP contribution in [-0.2, 0) is 0 Å². The molecule has 1 fully saturated rings. The van der Waals surface area contributed by atoms with Gasteiger partial charge in [0.1, 0.15) is 5.15 Å². The Morgan fingerprint density at radius 1 is 1.30 bits per heavy atom. The molecule has 20 heavy (non-hydrogen) atoms. The molecule has 0 saturated carbocycles. The largest absolute Gasteiger partial charge is 0.314 e. The number of halogens is 1. The SMILES string of the molecule is C=C[C@@H](c1cc2ccccc2nc1Cl)N1CCNCC1. The van der Waals surface area contributed by atoms with Gasteiger partial charge in [0.25, 0.3) is 0 Å². The molecule has 0 radical (unpaired) electrons. The van der Waals surface area contributed by atoms with Crippen molar-refractivity contribution in [1.82, 2.24) is 15.2 Å². The lowest BCUT2D eigenvalue weighted by Crippen LogP contribution is -2.44. The number of nitrogens with zero attached hydrogens (tertiary/aromatic N) is 2. The minimum absolute atomic E-state index is 0.127. The van der Waals surface area contributed by atoms with Crippen molar-refractivity contribution in [3.63, 3.8) is 0 Å². The van der Waals surface area contributed by atoms with Gasteiger partial charge in [-0.05, 0) is 12.1 Å². The van der Waals surface area contributed by atoms with E-state index in [2.05, 4.69) is 33.9 Å². The fraction of sp³-hybridized carbons (Fsp3) is 0.312. The fourth-order valence-corrected chi connectivity index (χ4v) is 3.01. The van der Waals surface area contributed by atoms with Gasteiger partial charge >= 0.3 is 0 Å². The highest BCUT2D eigenvalue weighted by atomic mass is 35.5. The first-order valence-corrected chi connectivity index (χ1v) is 7.30. The normalized spacial score (nSPS) is 18.1. The van der Waals surface area contributed by atoms with Crippen LogP contribution in [0.4, 0.5) is 0 Å². The summed E-state index contributed by atoms with van der Waals surface area (Å²) >= 11 is 6.39. The summed E-state index contributed by atoms with van der Waals surface area (Å²) in [7, 11) is 0. The van der Waals surface area contributed by atoms with E-state index in [1.807, 2.05) is 24.3 Å². The highest BCUT2D eigenvalue weighted by molar-refractivity contribution is 6.30. The minimum Gasteiger partial charge on any atom is -0.314 e. The lowest BCUT2D eigenvalue weighted by atomic mass is 10.0. The number of rotatable bonds is 3. The molecule has 3 nitrogen and oxygen atoms in total. The number of benzene rings is 1. The zero-order chi connectivity index (χ0) is 13.9. The van der Waals surface area contributed by atoms with E-state index in [1.165, 1.54) is 0 Å². The molecule has 1 atom stereocenters. The third kappa shape index (κ3) is 2.57. The van der Waals surface area contributed by atoms with Gasteiger partial charge in [0.15, 0.2) is 0 Å². The molecular weight excluding hydrogens is 270 g/mol. The number of nitrogens with one attached hydrogen (secondary N) is 1. The molecule has 1 aliphatic rings. The van der Waals surface area contributed by atoms with Crippen LogP contribution < -0.4 is 5.32 Å². The van der Waals surface area contributed by atoms with Gasteiger partial charge in [-0.15, -0.1) is 6.58 Å². The van der Waals surface area contributed by atoms with Crippen molar-refractivity contribution in [1.29, 1.82) is 0 Å². The van der Waals surface area contributed by atoms with E-state index in [0.29, 0.717) is 5.15 Å². The molecule has 4 heteroatoms. The van der Waals surface area contributed by atoms with Crippen LogP contribution >= 0.6 is 11.6 Å². The Morgan fingerprint density at radius 3 is 2.80 bits per heavy atom. The van der Waals surface area contributed by atoms with Gasteiger partial charge in [-0.1, -0.05) is 35.9 Å². The summed E-state index contributed by atoms with van der Waals surface area (Å²) in [5, 5.41) is 5.06.